The molecule has 0 amide bonds. The Hall–Kier alpha value is -1.42. The summed E-state index contributed by atoms with van der Waals surface area (Å²) in [5, 5.41) is 3.30. The average Bonchev–Trinajstić information content (AvgIpc) is 2.33. The quantitative estimate of drug-likeness (QED) is 0.860. The molecule has 0 aliphatic heterocycles. The highest BCUT2D eigenvalue weighted by Crippen LogP contribution is 2.19. The summed E-state index contributed by atoms with van der Waals surface area (Å²) in [6, 6.07) is 10.4. The Morgan fingerprint density at radius 3 is 2.47 bits per heavy atom. The summed E-state index contributed by atoms with van der Waals surface area (Å²) < 4.78 is 13.6. The Kier molecular flexibility index (Phi) is 3.74. The summed E-state index contributed by atoms with van der Waals surface area (Å²) in [7, 11) is 0. The van der Waals surface area contributed by atoms with E-state index >= 15 is 0 Å². The summed E-state index contributed by atoms with van der Waals surface area (Å²) in [5.74, 6) is -0.216. The molecular weight excluding hydrogens is 283 g/mol. The molecule has 17 heavy (non-hydrogen) atoms. The third-order valence-corrected chi connectivity index (χ3v) is 2.95. The van der Waals surface area contributed by atoms with Gasteiger partial charge in [-0.1, -0.05) is 12.1 Å². The van der Waals surface area contributed by atoms with Crippen molar-refractivity contribution in [1.82, 2.24) is 4.98 Å². The SMILES string of the molecule is CC(Nc1ccc(Br)nc1)c1ccc(F)cc1. The number of halogens is 2. The highest BCUT2D eigenvalue weighted by atomic mass is 79.9. The Morgan fingerprint density at radius 2 is 1.88 bits per heavy atom. The molecule has 1 N–H and O–H groups in total. The van der Waals surface area contributed by atoms with Crippen LogP contribution in [0, 0.1) is 5.82 Å². The van der Waals surface area contributed by atoms with Crippen LogP contribution < -0.4 is 5.32 Å². The fraction of sp³-hybridized carbons (Fsp3) is 0.154. The number of pyridine rings is 1. The van der Waals surface area contributed by atoms with Gasteiger partial charge in [0.1, 0.15) is 10.4 Å². The number of aromatic nitrogens is 1. The number of anilines is 1. The van der Waals surface area contributed by atoms with Gasteiger partial charge < -0.3 is 5.32 Å². The molecule has 2 aromatic rings. The lowest BCUT2D eigenvalue weighted by molar-refractivity contribution is 0.626. The maximum absolute atomic E-state index is 12.8. The third kappa shape index (κ3) is 3.27. The molecule has 0 saturated heterocycles. The van der Waals surface area contributed by atoms with E-state index in [1.807, 2.05) is 19.1 Å². The van der Waals surface area contributed by atoms with Crippen LogP contribution >= 0.6 is 15.9 Å². The van der Waals surface area contributed by atoms with Crippen LogP contribution in [-0.4, -0.2) is 4.98 Å². The van der Waals surface area contributed by atoms with Crippen molar-refractivity contribution in [2.45, 2.75) is 13.0 Å². The van der Waals surface area contributed by atoms with Gasteiger partial charge in [-0.2, -0.15) is 0 Å². The van der Waals surface area contributed by atoms with Crippen molar-refractivity contribution in [3.63, 3.8) is 0 Å². The second kappa shape index (κ2) is 5.27. The lowest BCUT2D eigenvalue weighted by Gasteiger charge is -2.15. The van der Waals surface area contributed by atoms with Gasteiger partial charge in [-0.3, -0.25) is 0 Å². The monoisotopic (exact) mass is 294 g/mol. The molecule has 4 heteroatoms. The highest BCUT2D eigenvalue weighted by molar-refractivity contribution is 9.10. The van der Waals surface area contributed by atoms with Crippen molar-refractivity contribution in [3.8, 4) is 0 Å². The molecule has 1 aromatic heterocycles. The normalized spacial score (nSPS) is 12.2. The fourth-order valence-electron chi connectivity index (χ4n) is 1.55. The summed E-state index contributed by atoms with van der Waals surface area (Å²) in [4.78, 5) is 4.13. The van der Waals surface area contributed by atoms with Gasteiger partial charge >= 0.3 is 0 Å². The van der Waals surface area contributed by atoms with Crippen molar-refractivity contribution >= 4 is 21.6 Å². The van der Waals surface area contributed by atoms with Crippen molar-refractivity contribution in [1.29, 1.82) is 0 Å². The molecule has 0 bridgehead atoms. The number of rotatable bonds is 3. The first-order valence-corrected chi connectivity index (χ1v) is 6.08. The van der Waals surface area contributed by atoms with E-state index in [1.54, 1.807) is 18.3 Å². The summed E-state index contributed by atoms with van der Waals surface area (Å²) >= 11 is 3.28. The maximum atomic E-state index is 12.8. The van der Waals surface area contributed by atoms with Crippen LogP contribution in [0.4, 0.5) is 10.1 Å². The summed E-state index contributed by atoms with van der Waals surface area (Å²) in [6.07, 6.45) is 1.75. The summed E-state index contributed by atoms with van der Waals surface area (Å²) in [6.45, 7) is 2.02. The second-order valence-corrected chi connectivity index (χ2v) is 4.60. The second-order valence-electron chi connectivity index (χ2n) is 3.79. The van der Waals surface area contributed by atoms with Gasteiger partial charge in [0.05, 0.1) is 11.9 Å². The van der Waals surface area contributed by atoms with Crippen LogP contribution in [0.2, 0.25) is 0 Å². The molecule has 0 fully saturated rings. The molecule has 0 aliphatic rings. The van der Waals surface area contributed by atoms with Gasteiger partial charge in [0.2, 0.25) is 0 Å². The van der Waals surface area contributed by atoms with Gasteiger partial charge in [-0.15, -0.1) is 0 Å². The first-order valence-electron chi connectivity index (χ1n) is 5.29. The van der Waals surface area contributed by atoms with Crippen LogP contribution in [0.5, 0.6) is 0 Å². The van der Waals surface area contributed by atoms with Crippen LogP contribution in [0.25, 0.3) is 0 Å². The molecule has 1 atom stereocenters. The molecule has 1 unspecified atom stereocenters. The molecule has 2 rings (SSSR count). The van der Waals surface area contributed by atoms with Crippen molar-refractivity contribution in [2.75, 3.05) is 5.32 Å². The topological polar surface area (TPSA) is 24.9 Å². The molecule has 1 aromatic carbocycles. The van der Waals surface area contributed by atoms with Gasteiger partial charge in [0, 0.05) is 6.04 Å². The van der Waals surface area contributed by atoms with E-state index in [4.69, 9.17) is 0 Å². The van der Waals surface area contributed by atoms with E-state index in [2.05, 4.69) is 26.2 Å². The van der Waals surface area contributed by atoms with Crippen LogP contribution in [0.3, 0.4) is 0 Å². The minimum atomic E-state index is -0.216. The molecule has 0 aliphatic carbocycles. The lowest BCUT2D eigenvalue weighted by Crippen LogP contribution is -2.06. The zero-order chi connectivity index (χ0) is 12.3. The first-order chi connectivity index (χ1) is 8.15. The zero-order valence-electron chi connectivity index (χ0n) is 9.32. The smallest absolute Gasteiger partial charge is 0.123 e. The maximum Gasteiger partial charge on any atom is 0.123 e. The Bertz CT molecular complexity index is 482. The van der Waals surface area contributed by atoms with E-state index in [0.29, 0.717) is 0 Å². The first kappa shape index (κ1) is 12.0. The Labute approximate surface area is 108 Å². The van der Waals surface area contributed by atoms with Gasteiger partial charge in [0.15, 0.2) is 0 Å². The predicted octanol–water partition coefficient (Wildman–Crippen LogP) is 4.16. The minimum Gasteiger partial charge on any atom is -0.377 e. The molecule has 0 radical (unpaired) electrons. The fourth-order valence-corrected chi connectivity index (χ4v) is 1.78. The number of benzene rings is 1. The number of nitrogens with zero attached hydrogens (tertiary/aromatic N) is 1. The average molecular weight is 295 g/mol. The highest BCUT2D eigenvalue weighted by Gasteiger charge is 2.05. The van der Waals surface area contributed by atoms with Crippen molar-refractivity contribution in [3.05, 3.63) is 58.6 Å². The third-order valence-electron chi connectivity index (χ3n) is 2.48. The molecule has 88 valence electrons. The lowest BCUT2D eigenvalue weighted by atomic mass is 10.1. The molecule has 1 heterocycles. The molecule has 2 nitrogen and oxygen atoms in total. The predicted molar refractivity (Wildman–Crippen MR) is 70.4 cm³/mol. The van der Waals surface area contributed by atoms with Crippen LogP contribution in [0.15, 0.2) is 47.2 Å². The Balaban J connectivity index is 2.08. The van der Waals surface area contributed by atoms with E-state index in [1.165, 1.54) is 12.1 Å². The number of nitrogens with one attached hydrogen (secondary N) is 1. The van der Waals surface area contributed by atoms with Crippen LogP contribution in [-0.2, 0) is 0 Å². The van der Waals surface area contributed by atoms with E-state index < -0.39 is 0 Å². The van der Waals surface area contributed by atoms with Gasteiger partial charge in [0.25, 0.3) is 0 Å². The largest absolute Gasteiger partial charge is 0.377 e. The van der Waals surface area contributed by atoms with Crippen molar-refractivity contribution in [2.24, 2.45) is 0 Å². The molecular formula is C13H12BrFN2. The van der Waals surface area contributed by atoms with E-state index in [0.717, 1.165) is 15.9 Å². The van der Waals surface area contributed by atoms with Gasteiger partial charge in [-0.25, -0.2) is 9.37 Å². The van der Waals surface area contributed by atoms with Crippen LogP contribution in [0.1, 0.15) is 18.5 Å². The number of hydrogen-bond donors (Lipinski definition) is 1. The minimum absolute atomic E-state index is 0.110. The van der Waals surface area contributed by atoms with Crippen molar-refractivity contribution < 1.29 is 4.39 Å². The Morgan fingerprint density at radius 1 is 1.18 bits per heavy atom. The molecule has 0 spiro atoms. The zero-order valence-corrected chi connectivity index (χ0v) is 10.9. The molecule has 0 saturated carbocycles. The van der Waals surface area contributed by atoms with E-state index in [-0.39, 0.29) is 11.9 Å². The summed E-state index contributed by atoms with van der Waals surface area (Å²) in [5.41, 5.74) is 1.97. The van der Waals surface area contributed by atoms with Gasteiger partial charge in [-0.05, 0) is 52.7 Å². The van der Waals surface area contributed by atoms with E-state index in [9.17, 15) is 4.39 Å². The number of hydrogen-bond acceptors (Lipinski definition) is 2. The standard InChI is InChI=1S/C13H12BrFN2/c1-9(10-2-4-11(15)5-3-10)17-12-6-7-13(14)16-8-12/h2-9,17H,1H3.